The highest BCUT2D eigenvalue weighted by molar-refractivity contribution is 5.38. The number of hydrogen-bond donors (Lipinski definition) is 1. The zero-order valence-electron chi connectivity index (χ0n) is 10.8. The number of para-hydroxylation sites is 1. The van der Waals surface area contributed by atoms with Gasteiger partial charge in [0.25, 0.3) is 0 Å². The fourth-order valence-electron chi connectivity index (χ4n) is 1.83. The fraction of sp³-hybridized carbons (Fsp3) is 0.250. The predicted octanol–water partition coefficient (Wildman–Crippen LogP) is 0.756. The number of aryl methyl sites for hydroxylation is 1. The largest absolute Gasteiger partial charge is 0.353 e. The third kappa shape index (κ3) is 2.79. The van der Waals surface area contributed by atoms with Crippen molar-refractivity contribution in [2.45, 2.75) is 13.0 Å². The van der Waals surface area contributed by atoms with E-state index in [-0.39, 0.29) is 0 Å². The molecule has 0 spiro atoms. The second-order valence-electron chi connectivity index (χ2n) is 4.20. The molecule has 1 aromatic carbocycles. The minimum Gasteiger partial charge on any atom is -0.353 e. The Labute approximate surface area is 115 Å². The molecule has 3 rings (SSSR count). The van der Waals surface area contributed by atoms with Crippen molar-refractivity contribution in [3.05, 3.63) is 42.7 Å². The van der Waals surface area contributed by atoms with Gasteiger partial charge in [-0.2, -0.15) is 4.68 Å². The fourth-order valence-corrected chi connectivity index (χ4v) is 1.83. The van der Waals surface area contributed by atoms with Crippen LogP contribution in [0.3, 0.4) is 0 Å². The minimum atomic E-state index is 0.634. The van der Waals surface area contributed by atoms with E-state index in [4.69, 9.17) is 0 Å². The van der Waals surface area contributed by atoms with Crippen LogP contribution in [0.5, 0.6) is 0 Å². The number of hydrogen-bond acceptors (Lipinski definition) is 6. The van der Waals surface area contributed by atoms with Crippen LogP contribution in [-0.4, -0.2) is 41.7 Å². The van der Waals surface area contributed by atoms with Gasteiger partial charge in [-0.25, -0.2) is 0 Å². The van der Waals surface area contributed by atoms with E-state index in [1.807, 2.05) is 36.5 Å². The van der Waals surface area contributed by atoms with Gasteiger partial charge in [0.2, 0.25) is 5.95 Å². The number of tetrazole rings is 1. The van der Waals surface area contributed by atoms with E-state index < -0.39 is 0 Å². The molecule has 3 aromatic rings. The van der Waals surface area contributed by atoms with E-state index in [1.165, 1.54) is 0 Å². The molecule has 0 aliphatic carbocycles. The van der Waals surface area contributed by atoms with Gasteiger partial charge in [-0.1, -0.05) is 28.5 Å². The van der Waals surface area contributed by atoms with Gasteiger partial charge in [-0.15, -0.1) is 5.10 Å². The highest BCUT2D eigenvalue weighted by atomic mass is 15.6. The summed E-state index contributed by atoms with van der Waals surface area (Å²) in [5.41, 5.74) is 0.927. The molecular weight excluding hydrogens is 256 g/mol. The lowest BCUT2D eigenvalue weighted by atomic mass is 10.3. The average molecular weight is 270 g/mol. The lowest BCUT2D eigenvalue weighted by molar-refractivity contribution is 0.569. The van der Waals surface area contributed by atoms with Crippen molar-refractivity contribution in [2.24, 2.45) is 0 Å². The maximum Gasteiger partial charge on any atom is 0.247 e. The molecule has 0 saturated carbocycles. The first-order valence-electron chi connectivity index (χ1n) is 6.35. The maximum atomic E-state index is 3.98. The Morgan fingerprint density at radius 3 is 2.80 bits per heavy atom. The Morgan fingerprint density at radius 1 is 1.10 bits per heavy atom. The van der Waals surface area contributed by atoms with Crippen molar-refractivity contribution in [2.75, 3.05) is 11.9 Å². The summed E-state index contributed by atoms with van der Waals surface area (Å²) in [4.78, 5) is 0. The highest BCUT2D eigenvalue weighted by Gasteiger charge is 2.06. The number of nitrogens with one attached hydrogen (secondary N) is 1. The predicted molar refractivity (Wildman–Crippen MR) is 72.3 cm³/mol. The molecule has 0 aliphatic heterocycles. The van der Waals surface area contributed by atoms with Crippen LogP contribution in [-0.2, 0) is 6.54 Å². The van der Waals surface area contributed by atoms with Gasteiger partial charge < -0.3 is 5.32 Å². The maximum absolute atomic E-state index is 3.98. The average Bonchev–Trinajstić information content (AvgIpc) is 3.16. The Kier molecular flexibility index (Phi) is 3.63. The molecule has 8 heteroatoms. The lowest BCUT2D eigenvalue weighted by Crippen LogP contribution is -2.11. The molecule has 8 nitrogen and oxygen atoms in total. The topological polar surface area (TPSA) is 86.3 Å². The van der Waals surface area contributed by atoms with E-state index in [9.17, 15) is 0 Å². The summed E-state index contributed by atoms with van der Waals surface area (Å²) >= 11 is 0. The zero-order valence-corrected chi connectivity index (χ0v) is 10.8. The third-order valence-electron chi connectivity index (χ3n) is 2.79. The van der Waals surface area contributed by atoms with Gasteiger partial charge in [0.1, 0.15) is 0 Å². The van der Waals surface area contributed by atoms with E-state index in [0.717, 1.165) is 25.2 Å². The van der Waals surface area contributed by atoms with Crippen molar-refractivity contribution in [1.82, 2.24) is 35.2 Å². The molecule has 0 amide bonds. The van der Waals surface area contributed by atoms with Crippen LogP contribution in [0.2, 0.25) is 0 Å². The van der Waals surface area contributed by atoms with Gasteiger partial charge in [0.15, 0.2) is 0 Å². The third-order valence-corrected chi connectivity index (χ3v) is 2.79. The first kappa shape index (κ1) is 12.3. The number of anilines is 1. The van der Waals surface area contributed by atoms with Gasteiger partial charge in [0, 0.05) is 19.3 Å². The van der Waals surface area contributed by atoms with Crippen LogP contribution in [0.4, 0.5) is 5.95 Å². The number of rotatable bonds is 6. The number of benzene rings is 1. The molecule has 2 heterocycles. The first-order chi connectivity index (χ1) is 9.93. The molecule has 0 fully saturated rings. The summed E-state index contributed by atoms with van der Waals surface area (Å²) in [6.45, 7) is 1.56. The van der Waals surface area contributed by atoms with Crippen molar-refractivity contribution >= 4 is 5.95 Å². The SMILES string of the molecule is c1ccc(-n2nnnc2NCCCn2ccnn2)cc1. The smallest absolute Gasteiger partial charge is 0.247 e. The van der Waals surface area contributed by atoms with Gasteiger partial charge >= 0.3 is 0 Å². The van der Waals surface area contributed by atoms with Crippen LogP contribution in [0, 0.1) is 0 Å². The summed E-state index contributed by atoms with van der Waals surface area (Å²) in [5.74, 6) is 0.634. The first-order valence-corrected chi connectivity index (χ1v) is 6.35. The molecule has 102 valence electrons. The van der Waals surface area contributed by atoms with Crippen LogP contribution in [0.15, 0.2) is 42.7 Å². The summed E-state index contributed by atoms with van der Waals surface area (Å²) < 4.78 is 3.47. The number of aromatic nitrogens is 7. The molecule has 1 N–H and O–H groups in total. The molecule has 0 aliphatic rings. The standard InChI is InChI=1S/C12H14N8/c1-2-5-11(6-3-1)20-12(15-16-18-20)13-7-4-9-19-10-8-14-17-19/h1-3,5-6,8,10H,4,7,9H2,(H,13,15,18). The molecule has 0 bridgehead atoms. The Bertz CT molecular complexity index is 631. The molecule has 0 unspecified atom stereocenters. The molecule has 0 atom stereocenters. The monoisotopic (exact) mass is 270 g/mol. The van der Waals surface area contributed by atoms with Crippen molar-refractivity contribution in [1.29, 1.82) is 0 Å². The van der Waals surface area contributed by atoms with Gasteiger partial charge in [0.05, 0.1) is 11.9 Å². The van der Waals surface area contributed by atoms with E-state index >= 15 is 0 Å². The van der Waals surface area contributed by atoms with Crippen LogP contribution in [0.25, 0.3) is 5.69 Å². The van der Waals surface area contributed by atoms with E-state index in [0.29, 0.717) is 5.95 Å². The van der Waals surface area contributed by atoms with Gasteiger partial charge in [-0.05, 0) is 29.0 Å². The van der Waals surface area contributed by atoms with Gasteiger partial charge in [-0.3, -0.25) is 4.68 Å². The normalized spacial score (nSPS) is 10.6. The summed E-state index contributed by atoms with van der Waals surface area (Å²) in [7, 11) is 0. The summed E-state index contributed by atoms with van der Waals surface area (Å²) in [6, 6.07) is 9.77. The number of nitrogens with zero attached hydrogens (tertiary/aromatic N) is 7. The van der Waals surface area contributed by atoms with E-state index in [2.05, 4.69) is 31.2 Å². The molecular formula is C12H14N8. The lowest BCUT2D eigenvalue weighted by Gasteiger charge is -2.06. The molecule has 2 aromatic heterocycles. The summed E-state index contributed by atoms with van der Waals surface area (Å²) in [5, 5.41) is 22.6. The zero-order chi connectivity index (χ0) is 13.6. The van der Waals surface area contributed by atoms with E-state index in [1.54, 1.807) is 15.6 Å². The minimum absolute atomic E-state index is 0.634. The van der Waals surface area contributed by atoms with Crippen molar-refractivity contribution in [3.8, 4) is 5.69 Å². The van der Waals surface area contributed by atoms with Crippen molar-refractivity contribution < 1.29 is 0 Å². The molecule has 0 radical (unpaired) electrons. The van der Waals surface area contributed by atoms with Crippen LogP contribution in [0.1, 0.15) is 6.42 Å². The second-order valence-corrected chi connectivity index (χ2v) is 4.20. The van der Waals surface area contributed by atoms with Crippen LogP contribution >= 0.6 is 0 Å². The molecule has 20 heavy (non-hydrogen) atoms. The Balaban J connectivity index is 1.57. The highest BCUT2D eigenvalue weighted by Crippen LogP contribution is 2.10. The second kappa shape index (κ2) is 5.91. The quantitative estimate of drug-likeness (QED) is 0.665. The molecule has 0 saturated heterocycles. The van der Waals surface area contributed by atoms with Crippen molar-refractivity contribution in [3.63, 3.8) is 0 Å². The van der Waals surface area contributed by atoms with Crippen LogP contribution < -0.4 is 5.32 Å². The Morgan fingerprint density at radius 2 is 2.00 bits per heavy atom. The Hall–Kier alpha value is -2.77. The summed E-state index contributed by atoms with van der Waals surface area (Å²) in [6.07, 6.45) is 4.42.